The van der Waals surface area contributed by atoms with Gasteiger partial charge >= 0.3 is 0 Å². The number of rotatable bonds is 5. The summed E-state index contributed by atoms with van der Waals surface area (Å²) in [4.78, 5) is 27.0. The maximum Gasteiger partial charge on any atom is 0.293 e. The molecule has 3 aromatic rings. The average molecular weight is 411 g/mol. The van der Waals surface area contributed by atoms with Crippen LogP contribution in [0.25, 0.3) is 17.0 Å². The van der Waals surface area contributed by atoms with E-state index < -0.39 is 0 Å². The van der Waals surface area contributed by atoms with Crippen molar-refractivity contribution in [2.45, 2.75) is 26.4 Å². The highest BCUT2D eigenvalue weighted by Gasteiger charge is 2.35. The van der Waals surface area contributed by atoms with Crippen LogP contribution in [-0.4, -0.2) is 20.6 Å². The maximum atomic E-state index is 12.9. The van der Waals surface area contributed by atoms with Crippen LogP contribution in [-0.2, 0) is 17.9 Å². The van der Waals surface area contributed by atoms with Gasteiger partial charge in [-0.15, -0.1) is 0 Å². The van der Waals surface area contributed by atoms with Gasteiger partial charge in [0.05, 0.1) is 11.4 Å². The average Bonchev–Trinajstić information content (AvgIpc) is 3.16. The Morgan fingerprint density at radius 1 is 1.07 bits per heavy atom. The summed E-state index contributed by atoms with van der Waals surface area (Å²) in [5.41, 5.74) is 2.84. The van der Waals surface area contributed by atoms with Crippen LogP contribution in [0.3, 0.4) is 0 Å². The molecule has 2 heterocycles. The van der Waals surface area contributed by atoms with Crippen molar-refractivity contribution in [2.75, 3.05) is 0 Å². The number of benzene rings is 2. The fourth-order valence-corrected chi connectivity index (χ4v) is 4.42. The molecule has 2 amide bonds. The largest absolute Gasteiger partial charge is 0.347 e. The van der Waals surface area contributed by atoms with E-state index in [0.717, 1.165) is 46.8 Å². The highest BCUT2D eigenvalue weighted by atomic mass is 35.5. The summed E-state index contributed by atoms with van der Waals surface area (Å²) in [5, 5.41) is 1.36. The molecule has 28 heavy (non-hydrogen) atoms. The first-order valence-corrected chi connectivity index (χ1v) is 10.3. The van der Waals surface area contributed by atoms with Crippen LogP contribution < -0.4 is 0 Å². The van der Waals surface area contributed by atoms with E-state index >= 15 is 0 Å². The molecule has 1 aliphatic heterocycles. The summed E-state index contributed by atoms with van der Waals surface area (Å²) in [7, 11) is 0. The van der Waals surface area contributed by atoms with Crippen LogP contribution >= 0.6 is 23.4 Å². The van der Waals surface area contributed by atoms with E-state index in [2.05, 4.69) is 23.8 Å². The van der Waals surface area contributed by atoms with E-state index in [1.165, 1.54) is 4.90 Å². The number of para-hydroxylation sites is 1. The zero-order valence-corrected chi connectivity index (χ0v) is 17.0. The fourth-order valence-electron chi connectivity index (χ4n) is 3.39. The van der Waals surface area contributed by atoms with Gasteiger partial charge in [-0.3, -0.25) is 14.5 Å². The minimum Gasteiger partial charge on any atom is -0.347 e. The number of thioether (sulfide) groups is 1. The third kappa shape index (κ3) is 3.48. The zero-order chi connectivity index (χ0) is 19.7. The highest BCUT2D eigenvalue weighted by molar-refractivity contribution is 8.18. The van der Waals surface area contributed by atoms with Crippen molar-refractivity contribution in [1.82, 2.24) is 9.47 Å². The molecule has 1 fully saturated rings. The molecular formula is C22H19ClN2O2S. The monoisotopic (exact) mass is 410 g/mol. The van der Waals surface area contributed by atoms with Crippen molar-refractivity contribution < 1.29 is 9.59 Å². The van der Waals surface area contributed by atoms with Crippen molar-refractivity contribution in [3.8, 4) is 0 Å². The van der Waals surface area contributed by atoms with Crippen molar-refractivity contribution in [1.29, 1.82) is 0 Å². The van der Waals surface area contributed by atoms with E-state index in [-0.39, 0.29) is 17.7 Å². The summed E-state index contributed by atoms with van der Waals surface area (Å²) in [6.07, 6.45) is 4.90. The molecule has 4 nitrogen and oxygen atoms in total. The van der Waals surface area contributed by atoms with Crippen molar-refractivity contribution >= 4 is 51.5 Å². The van der Waals surface area contributed by atoms with E-state index in [1.54, 1.807) is 6.07 Å². The second-order valence-electron chi connectivity index (χ2n) is 6.65. The van der Waals surface area contributed by atoms with Crippen molar-refractivity contribution in [3.63, 3.8) is 0 Å². The number of amides is 2. The molecular weight excluding hydrogens is 392 g/mol. The first kappa shape index (κ1) is 18.8. The Morgan fingerprint density at radius 2 is 1.82 bits per heavy atom. The number of hydrogen-bond donors (Lipinski definition) is 0. The summed E-state index contributed by atoms with van der Waals surface area (Å²) < 4.78 is 2.19. The van der Waals surface area contributed by atoms with E-state index in [9.17, 15) is 9.59 Å². The number of hydrogen-bond acceptors (Lipinski definition) is 3. The molecule has 0 aliphatic carbocycles. The topological polar surface area (TPSA) is 42.3 Å². The Kier molecular flexibility index (Phi) is 5.29. The highest BCUT2D eigenvalue weighted by Crippen LogP contribution is 2.35. The van der Waals surface area contributed by atoms with Gasteiger partial charge in [0, 0.05) is 34.2 Å². The molecule has 1 aliphatic rings. The first-order valence-electron chi connectivity index (χ1n) is 9.15. The Morgan fingerprint density at radius 3 is 2.61 bits per heavy atom. The standard InChI is InChI=1S/C22H19ClN2O2S/c1-2-11-24-13-16(17-8-4-6-10-19(17)24)12-20-21(26)25(22(27)28-20)14-15-7-3-5-9-18(15)23/h3-10,12-13H,2,11,14H2,1H3/b20-12-. The van der Waals surface area contributed by atoms with Gasteiger partial charge < -0.3 is 4.57 Å². The lowest BCUT2D eigenvalue weighted by atomic mass is 10.1. The Labute approximate surface area is 172 Å². The van der Waals surface area contributed by atoms with E-state index in [4.69, 9.17) is 11.6 Å². The van der Waals surface area contributed by atoms with Crippen LogP contribution in [0.1, 0.15) is 24.5 Å². The lowest BCUT2D eigenvalue weighted by Gasteiger charge is -2.13. The van der Waals surface area contributed by atoms with Gasteiger partial charge in [-0.1, -0.05) is 54.9 Å². The summed E-state index contributed by atoms with van der Waals surface area (Å²) in [6.45, 7) is 3.22. The molecule has 6 heteroatoms. The molecule has 142 valence electrons. The molecule has 2 aromatic carbocycles. The predicted molar refractivity (Wildman–Crippen MR) is 115 cm³/mol. The second kappa shape index (κ2) is 7.86. The van der Waals surface area contributed by atoms with E-state index in [0.29, 0.717) is 9.93 Å². The van der Waals surface area contributed by atoms with Gasteiger partial charge in [0.1, 0.15) is 0 Å². The molecule has 4 rings (SSSR count). The number of aryl methyl sites for hydroxylation is 1. The van der Waals surface area contributed by atoms with Gasteiger partial charge in [0.15, 0.2) is 0 Å². The summed E-state index contributed by atoms with van der Waals surface area (Å²) in [6, 6.07) is 15.4. The number of aromatic nitrogens is 1. The Bertz CT molecular complexity index is 1100. The second-order valence-corrected chi connectivity index (χ2v) is 8.05. The number of halogens is 1. The fraction of sp³-hybridized carbons (Fsp3) is 0.182. The normalized spacial score (nSPS) is 15.9. The van der Waals surface area contributed by atoms with Crippen LogP contribution in [0.2, 0.25) is 5.02 Å². The van der Waals surface area contributed by atoms with Crippen LogP contribution in [0.15, 0.2) is 59.6 Å². The minimum absolute atomic E-state index is 0.180. The van der Waals surface area contributed by atoms with Crippen molar-refractivity contribution in [2.24, 2.45) is 0 Å². The van der Waals surface area contributed by atoms with Gasteiger partial charge in [0.2, 0.25) is 0 Å². The summed E-state index contributed by atoms with van der Waals surface area (Å²) >= 11 is 7.17. The SMILES string of the molecule is CCCn1cc(/C=C2\SC(=O)N(Cc3ccccc3Cl)C2=O)c2ccccc21. The number of carbonyl (C=O) groups excluding carboxylic acids is 2. The molecule has 1 aromatic heterocycles. The van der Waals surface area contributed by atoms with Crippen LogP contribution in [0.5, 0.6) is 0 Å². The molecule has 1 saturated heterocycles. The quantitative estimate of drug-likeness (QED) is 0.488. The molecule has 0 unspecified atom stereocenters. The molecule has 0 bridgehead atoms. The van der Waals surface area contributed by atoms with Gasteiger partial charge in [-0.25, -0.2) is 0 Å². The summed E-state index contributed by atoms with van der Waals surface area (Å²) in [5.74, 6) is -0.276. The molecule has 0 spiro atoms. The van der Waals surface area contributed by atoms with Gasteiger partial charge in [-0.05, 0) is 42.0 Å². The lowest BCUT2D eigenvalue weighted by molar-refractivity contribution is -0.123. The number of fused-ring (bicyclic) bond motifs is 1. The third-order valence-electron chi connectivity index (χ3n) is 4.73. The minimum atomic E-state index is -0.276. The van der Waals surface area contributed by atoms with Crippen molar-refractivity contribution in [3.05, 3.63) is 75.8 Å². The van der Waals surface area contributed by atoms with E-state index in [1.807, 2.05) is 42.5 Å². The van der Waals surface area contributed by atoms with Gasteiger partial charge in [0.25, 0.3) is 11.1 Å². The Hall–Kier alpha value is -2.50. The van der Waals surface area contributed by atoms with Crippen LogP contribution in [0, 0.1) is 0 Å². The maximum absolute atomic E-state index is 12.9. The molecule has 0 radical (unpaired) electrons. The number of nitrogens with zero attached hydrogens (tertiary/aromatic N) is 2. The zero-order valence-electron chi connectivity index (χ0n) is 15.4. The van der Waals surface area contributed by atoms with Crippen LogP contribution in [0.4, 0.5) is 4.79 Å². The predicted octanol–water partition coefficient (Wildman–Crippen LogP) is 5.94. The Balaban J connectivity index is 1.66. The molecule has 0 atom stereocenters. The molecule has 0 N–H and O–H groups in total. The third-order valence-corrected chi connectivity index (χ3v) is 6.01. The smallest absolute Gasteiger partial charge is 0.293 e. The lowest BCUT2D eigenvalue weighted by Crippen LogP contribution is -2.27. The molecule has 0 saturated carbocycles. The first-order chi connectivity index (χ1) is 13.6. The van der Waals surface area contributed by atoms with Gasteiger partial charge in [-0.2, -0.15) is 0 Å². The number of carbonyl (C=O) groups is 2. The number of imide groups is 1.